The number of benzene rings is 1. The van der Waals surface area contributed by atoms with Gasteiger partial charge in [0.25, 0.3) is 0 Å². The van der Waals surface area contributed by atoms with Gasteiger partial charge in [-0.15, -0.1) is 0 Å². The second kappa shape index (κ2) is 7.53. The Morgan fingerprint density at radius 3 is 2.65 bits per heavy atom. The van der Waals surface area contributed by atoms with Crippen molar-refractivity contribution < 1.29 is 9.47 Å². The zero-order chi connectivity index (χ0) is 14.4. The molecule has 0 aromatic heterocycles. The van der Waals surface area contributed by atoms with Crippen LogP contribution in [0.5, 0.6) is 11.5 Å². The topological polar surface area (TPSA) is 30.5 Å². The fourth-order valence-electron chi connectivity index (χ4n) is 3.23. The van der Waals surface area contributed by atoms with Crippen LogP contribution in [0.1, 0.15) is 38.2 Å². The lowest BCUT2D eigenvalue weighted by molar-refractivity contribution is 0.354. The zero-order valence-electron chi connectivity index (χ0n) is 12.9. The molecule has 20 heavy (non-hydrogen) atoms. The van der Waals surface area contributed by atoms with Crippen LogP contribution in [0.25, 0.3) is 0 Å². The second-order valence-electron chi connectivity index (χ2n) is 5.60. The van der Waals surface area contributed by atoms with E-state index in [0.717, 1.165) is 36.4 Å². The first-order chi connectivity index (χ1) is 9.78. The molecule has 1 aliphatic rings. The molecule has 1 N–H and O–H groups in total. The van der Waals surface area contributed by atoms with Crippen molar-refractivity contribution in [2.75, 3.05) is 20.8 Å². The molecule has 0 heterocycles. The monoisotopic (exact) mass is 277 g/mol. The van der Waals surface area contributed by atoms with Gasteiger partial charge in [0.1, 0.15) is 0 Å². The Bertz CT molecular complexity index is 419. The largest absolute Gasteiger partial charge is 0.493 e. The average Bonchev–Trinajstić information content (AvgIpc) is 2.94. The van der Waals surface area contributed by atoms with Crippen molar-refractivity contribution >= 4 is 0 Å². The number of nitrogens with one attached hydrogen (secondary N) is 1. The van der Waals surface area contributed by atoms with Gasteiger partial charge in [-0.05, 0) is 49.4 Å². The van der Waals surface area contributed by atoms with E-state index in [1.54, 1.807) is 14.2 Å². The predicted octanol–water partition coefficient (Wildman–Crippen LogP) is 3.41. The first-order valence-corrected chi connectivity index (χ1v) is 7.72. The maximum atomic E-state index is 5.35. The molecular formula is C17H27NO2. The van der Waals surface area contributed by atoms with Crippen LogP contribution in [-0.2, 0) is 6.42 Å². The second-order valence-corrected chi connectivity index (χ2v) is 5.60. The van der Waals surface area contributed by atoms with Crippen LogP contribution in [0, 0.1) is 5.92 Å². The molecule has 1 aliphatic carbocycles. The lowest BCUT2D eigenvalue weighted by Crippen LogP contribution is -2.33. The van der Waals surface area contributed by atoms with E-state index in [4.69, 9.17) is 9.47 Å². The molecule has 0 bridgehead atoms. The summed E-state index contributed by atoms with van der Waals surface area (Å²) >= 11 is 0. The summed E-state index contributed by atoms with van der Waals surface area (Å²) in [4.78, 5) is 0. The molecule has 1 aromatic carbocycles. The van der Waals surface area contributed by atoms with Gasteiger partial charge in [0.15, 0.2) is 11.5 Å². The highest BCUT2D eigenvalue weighted by atomic mass is 16.5. The maximum absolute atomic E-state index is 5.35. The number of hydrogen-bond donors (Lipinski definition) is 1. The fourth-order valence-corrected chi connectivity index (χ4v) is 3.23. The number of ether oxygens (including phenoxy) is 2. The predicted molar refractivity (Wildman–Crippen MR) is 82.7 cm³/mol. The molecule has 1 saturated carbocycles. The Kier molecular flexibility index (Phi) is 5.72. The molecule has 0 amide bonds. The third kappa shape index (κ3) is 3.66. The highest BCUT2D eigenvalue weighted by Gasteiger charge is 2.24. The summed E-state index contributed by atoms with van der Waals surface area (Å²) in [5, 5.41) is 3.73. The van der Waals surface area contributed by atoms with Gasteiger partial charge in [-0.1, -0.05) is 25.8 Å². The third-order valence-electron chi connectivity index (χ3n) is 4.45. The van der Waals surface area contributed by atoms with E-state index in [-0.39, 0.29) is 0 Å². The standard InChI is InChI=1S/C17H27NO2/c1-4-14-6-5-7-15(14)18-11-10-13-8-9-16(19-2)17(12-13)20-3/h8-9,12,14-15,18H,4-7,10-11H2,1-3H3. The van der Waals surface area contributed by atoms with Gasteiger partial charge in [-0.25, -0.2) is 0 Å². The summed E-state index contributed by atoms with van der Waals surface area (Å²) < 4.78 is 10.6. The zero-order valence-corrected chi connectivity index (χ0v) is 12.9. The molecule has 112 valence electrons. The van der Waals surface area contributed by atoms with Gasteiger partial charge < -0.3 is 14.8 Å². The van der Waals surface area contributed by atoms with Crippen LogP contribution in [0.4, 0.5) is 0 Å². The van der Waals surface area contributed by atoms with Crippen molar-refractivity contribution in [3.8, 4) is 11.5 Å². The Labute approximate surface area is 122 Å². The number of methoxy groups -OCH3 is 2. The van der Waals surface area contributed by atoms with Gasteiger partial charge in [0, 0.05) is 6.04 Å². The molecule has 3 nitrogen and oxygen atoms in total. The Morgan fingerprint density at radius 1 is 1.15 bits per heavy atom. The quantitative estimate of drug-likeness (QED) is 0.828. The molecule has 0 radical (unpaired) electrons. The third-order valence-corrected chi connectivity index (χ3v) is 4.45. The van der Waals surface area contributed by atoms with Gasteiger partial charge in [-0.3, -0.25) is 0 Å². The highest BCUT2D eigenvalue weighted by molar-refractivity contribution is 5.42. The lowest BCUT2D eigenvalue weighted by Gasteiger charge is -2.19. The minimum atomic E-state index is 0.722. The molecule has 2 rings (SSSR count). The molecule has 1 aromatic rings. The van der Waals surface area contributed by atoms with E-state index >= 15 is 0 Å². The van der Waals surface area contributed by atoms with Crippen molar-refractivity contribution in [1.82, 2.24) is 5.32 Å². The molecule has 1 fully saturated rings. The SMILES string of the molecule is CCC1CCCC1NCCc1ccc(OC)c(OC)c1. The summed E-state index contributed by atoms with van der Waals surface area (Å²) in [5.74, 6) is 2.49. The van der Waals surface area contributed by atoms with E-state index in [9.17, 15) is 0 Å². The van der Waals surface area contributed by atoms with Gasteiger partial charge in [0.2, 0.25) is 0 Å². The van der Waals surface area contributed by atoms with Gasteiger partial charge >= 0.3 is 0 Å². The number of hydrogen-bond acceptors (Lipinski definition) is 3. The van der Waals surface area contributed by atoms with Gasteiger partial charge in [0.05, 0.1) is 14.2 Å². The number of rotatable bonds is 7. The minimum absolute atomic E-state index is 0.722. The van der Waals surface area contributed by atoms with Crippen LogP contribution in [0.3, 0.4) is 0 Å². The smallest absolute Gasteiger partial charge is 0.160 e. The van der Waals surface area contributed by atoms with Crippen molar-refractivity contribution in [2.45, 2.75) is 45.1 Å². The first-order valence-electron chi connectivity index (χ1n) is 7.72. The van der Waals surface area contributed by atoms with Crippen LogP contribution < -0.4 is 14.8 Å². The van der Waals surface area contributed by atoms with E-state index < -0.39 is 0 Å². The van der Waals surface area contributed by atoms with Crippen LogP contribution in [0.15, 0.2) is 18.2 Å². The van der Waals surface area contributed by atoms with Crippen molar-refractivity contribution in [2.24, 2.45) is 5.92 Å². The van der Waals surface area contributed by atoms with Crippen molar-refractivity contribution in [1.29, 1.82) is 0 Å². The molecule has 0 spiro atoms. The van der Waals surface area contributed by atoms with E-state index in [2.05, 4.69) is 24.4 Å². The van der Waals surface area contributed by atoms with Crippen LogP contribution >= 0.6 is 0 Å². The van der Waals surface area contributed by atoms with Crippen molar-refractivity contribution in [3.63, 3.8) is 0 Å². The van der Waals surface area contributed by atoms with E-state index in [1.165, 1.54) is 31.2 Å². The molecule has 2 unspecified atom stereocenters. The molecular weight excluding hydrogens is 250 g/mol. The van der Waals surface area contributed by atoms with E-state index in [1.807, 2.05) is 6.07 Å². The first kappa shape index (κ1) is 15.2. The Morgan fingerprint density at radius 2 is 1.95 bits per heavy atom. The van der Waals surface area contributed by atoms with Crippen LogP contribution in [-0.4, -0.2) is 26.8 Å². The minimum Gasteiger partial charge on any atom is -0.493 e. The summed E-state index contributed by atoms with van der Waals surface area (Å²) in [6.45, 7) is 3.34. The van der Waals surface area contributed by atoms with Crippen molar-refractivity contribution in [3.05, 3.63) is 23.8 Å². The fraction of sp³-hybridized carbons (Fsp3) is 0.647. The maximum Gasteiger partial charge on any atom is 0.160 e. The summed E-state index contributed by atoms with van der Waals surface area (Å²) in [6.07, 6.45) is 6.45. The van der Waals surface area contributed by atoms with E-state index in [0.29, 0.717) is 0 Å². The highest BCUT2D eigenvalue weighted by Crippen LogP contribution is 2.29. The Balaban J connectivity index is 1.85. The molecule has 0 aliphatic heterocycles. The van der Waals surface area contributed by atoms with Gasteiger partial charge in [-0.2, -0.15) is 0 Å². The van der Waals surface area contributed by atoms with Crippen LogP contribution in [0.2, 0.25) is 0 Å². The average molecular weight is 277 g/mol. The Hall–Kier alpha value is -1.22. The summed E-state index contributed by atoms with van der Waals surface area (Å²) in [6, 6.07) is 6.90. The summed E-state index contributed by atoms with van der Waals surface area (Å²) in [5.41, 5.74) is 1.29. The molecule has 2 atom stereocenters. The lowest BCUT2D eigenvalue weighted by atomic mass is 10.0. The molecule has 0 saturated heterocycles. The molecule has 3 heteroatoms. The summed E-state index contributed by atoms with van der Waals surface area (Å²) in [7, 11) is 3.36. The normalized spacial score (nSPS) is 21.9.